The van der Waals surface area contributed by atoms with Crippen molar-refractivity contribution in [3.63, 3.8) is 0 Å². The summed E-state index contributed by atoms with van der Waals surface area (Å²) in [5, 5.41) is 9.14. The van der Waals surface area contributed by atoms with Crippen molar-refractivity contribution in [1.29, 1.82) is 0 Å². The summed E-state index contributed by atoms with van der Waals surface area (Å²) in [6.45, 7) is 12.9. The van der Waals surface area contributed by atoms with Crippen molar-refractivity contribution >= 4 is 6.41 Å². The van der Waals surface area contributed by atoms with Crippen LogP contribution >= 0.6 is 0 Å². The van der Waals surface area contributed by atoms with E-state index in [-0.39, 0.29) is 0 Å². The number of nitrogens with zero attached hydrogens (tertiary/aromatic N) is 2. The normalized spacial score (nSPS) is 16.1. The molecule has 1 rings (SSSR count). The highest BCUT2D eigenvalue weighted by molar-refractivity contribution is 5.44. The molecule has 0 spiro atoms. The molecule has 0 aliphatic carbocycles. The second-order valence-corrected chi connectivity index (χ2v) is 5.36. The van der Waals surface area contributed by atoms with Crippen LogP contribution in [0.2, 0.25) is 0 Å². The molecule has 0 unspecified atom stereocenters. The minimum Gasteiger partial charge on any atom is -0.362 e. The number of hydrogen-bond donors (Lipinski definition) is 3. The van der Waals surface area contributed by atoms with E-state index in [4.69, 9.17) is 4.79 Å². The van der Waals surface area contributed by atoms with Gasteiger partial charge in [0.2, 0.25) is 6.41 Å². The van der Waals surface area contributed by atoms with E-state index < -0.39 is 0 Å². The summed E-state index contributed by atoms with van der Waals surface area (Å²) in [4.78, 5) is 14.0. The maximum Gasteiger partial charge on any atom is 0.206 e. The molecular weight excluding hydrogens is 266 g/mol. The average molecular weight is 301 g/mol. The number of hydrogen-bond acceptors (Lipinski definition) is 5. The van der Waals surface area contributed by atoms with E-state index in [1.807, 2.05) is 0 Å². The van der Waals surface area contributed by atoms with Gasteiger partial charge in [0.25, 0.3) is 0 Å². The van der Waals surface area contributed by atoms with E-state index in [1.165, 1.54) is 52.1 Å². The number of nitrogens with one attached hydrogen (secondary N) is 3. The predicted octanol–water partition coefficient (Wildman–Crippen LogP) is -0.425. The zero-order chi connectivity index (χ0) is 15.8. The van der Waals surface area contributed by atoms with Gasteiger partial charge < -0.3 is 20.9 Å². The van der Waals surface area contributed by atoms with Gasteiger partial charge in [0.1, 0.15) is 0 Å². The van der Waals surface area contributed by atoms with E-state index in [2.05, 4.69) is 39.7 Å². The Balaban J connectivity index is 0.000000885. The van der Waals surface area contributed by atoms with Crippen LogP contribution in [0.4, 0.5) is 0 Å². The minimum atomic E-state index is 0.625. The third-order valence-corrected chi connectivity index (χ3v) is 3.53. The molecule has 0 radical (unpaired) electrons. The predicted molar refractivity (Wildman–Crippen MR) is 89.7 cm³/mol. The summed E-state index contributed by atoms with van der Waals surface area (Å²) in [7, 11) is 3.77. The lowest BCUT2D eigenvalue weighted by molar-refractivity contribution is -0.109. The summed E-state index contributed by atoms with van der Waals surface area (Å²) in [6.07, 6.45) is 3.20. The van der Waals surface area contributed by atoms with Gasteiger partial charge in [-0.05, 0) is 39.5 Å². The number of rotatable bonds is 10. The zero-order valence-electron chi connectivity index (χ0n) is 14.2. The fraction of sp³-hybridized carbons (Fsp3) is 0.933. The van der Waals surface area contributed by atoms with Crippen LogP contribution in [0, 0.1) is 0 Å². The van der Waals surface area contributed by atoms with Crippen LogP contribution in [0.1, 0.15) is 19.8 Å². The van der Waals surface area contributed by atoms with Crippen LogP contribution < -0.4 is 16.0 Å². The lowest BCUT2D eigenvalue weighted by atomic mass is 10.3. The van der Waals surface area contributed by atoms with E-state index in [9.17, 15) is 0 Å². The highest BCUT2D eigenvalue weighted by Gasteiger charge is 2.12. The van der Waals surface area contributed by atoms with Gasteiger partial charge in [-0.25, -0.2) is 0 Å². The molecule has 126 valence electrons. The first-order valence-electron chi connectivity index (χ1n) is 8.17. The molecule has 1 amide bonds. The molecule has 1 heterocycles. The Bertz CT molecular complexity index is 220. The minimum absolute atomic E-state index is 0.625. The third-order valence-electron chi connectivity index (χ3n) is 3.53. The van der Waals surface area contributed by atoms with Gasteiger partial charge in [0, 0.05) is 46.3 Å². The summed E-state index contributed by atoms with van der Waals surface area (Å²) in [5.74, 6) is 0. The summed E-state index contributed by atoms with van der Waals surface area (Å²) < 4.78 is 0. The second kappa shape index (κ2) is 15.7. The Hall–Kier alpha value is -0.690. The third kappa shape index (κ3) is 14.0. The Kier molecular flexibility index (Phi) is 15.2. The van der Waals surface area contributed by atoms with E-state index >= 15 is 0 Å². The number of carbonyl (C=O) groups excluding carboxylic acids is 1. The number of carbonyl (C=O) groups is 1. The molecule has 6 heteroatoms. The van der Waals surface area contributed by atoms with Crippen molar-refractivity contribution in [3.05, 3.63) is 0 Å². The van der Waals surface area contributed by atoms with Gasteiger partial charge in [0.15, 0.2) is 0 Å². The van der Waals surface area contributed by atoms with Gasteiger partial charge in [-0.2, -0.15) is 0 Å². The number of likely N-dealkylation sites (N-methyl/N-ethyl adjacent to an activating group) is 1. The van der Waals surface area contributed by atoms with Crippen LogP contribution in [-0.4, -0.2) is 89.2 Å². The first-order valence-corrected chi connectivity index (χ1v) is 8.17. The molecule has 0 aromatic carbocycles. The van der Waals surface area contributed by atoms with Crippen molar-refractivity contribution < 1.29 is 4.79 Å². The summed E-state index contributed by atoms with van der Waals surface area (Å²) in [5.41, 5.74) is 0. The quantitative estimate of drug-likeness (QED) is 0.378. The molecule has 1 fully saturated rings. The van der Waals surface area contributed by atoms with Crippen molar-refractivity contribution in [2.45, 2.75) is 19.8 Å². The standard InChI is InChI=1S/C13H30N4.C2H5NO/c1-3-14-6-4-5-7-15-8-9-17-12-10-16(2)11-13-17;1-3-2-4/h14-15H,3-13H2,1-2H3;2H,1H3,(H,3,4). The maximum absolute atomic E-state index is 9.06. The van der Waals surface area contributed by atoms with Gasteiger partial charge >= 0.3 is 0 Å². The average Bonchev–Trinajstić information content (AvgIpc) is 2.52. The molecule has 1 saturated heterocycles. The van der Waals surface area contributed by atoms with Gasteiger partial charge in [-0.1, -0.05) is 6.92 Å². The fourth-order valence-electron chi connectivity index (χ4n) is 2.11. The van der Waals surface area contributed by atoms with Crippen LogP contribution in [0.25, 0.3) is 0 Å². The monoisotopic (exact) mass is 301 g/mol. The Morgan fingerprint density at radius 1 is 1.00 bits per heavy atom. The topological polar surface area (TPSA) is 59.6 Å². The molecule has 3 N–H and O–H groups in total. The van der Waals surface area contributed by atoms with Crippen molar-refractivity contribution in [1.82, 2.24) is 25.8 Å². The summed E-state index contributed by atoms with van der Waals surface area (Å²) >= 11 is 0. The maximum atomic E-state index is 9.06. The lowest BCUT2D eigenvalue weighted by Gasteiger charge is -2.32. The molecule has 21 heavy (non-hydrogen) atoms. The van der Waals surface area contributed by atoms with E-state index in [0.717, 1.165) is 19.6 Å². The molecule has 0 saturated carbocycles. The van der Waals surface area contributed by atoms with Gasteiger partial charge in [-0.15, -0.1) is 0 Å². The molecule has 0 aromatic rings. The first kappa shape index (κ1) is 20.3. The molecule has 6 nitrogen and oxygen atoms in total. The number of piperazine rings is 1. The molecule has 1 aliphatic rings. The molecule has 0 bridgehead atoms. The van der Waals surface area contributed by atoms with Gasteiger partial charge in [-0.3, -0.25) is 9.69 Å². The van der Waals surface area contributed by atoms with Crippen LogP contribution in [-0.2, 0) is 4.79 Å². The fourth-order valence-corrected chi connectivity index (χ4v) is 2.11. The first-order chi connectivity index (χ1) is 10.2. The second-order valence-electron chi connectivity index (χ2n) is 5.36. The van der Waals surface area contributed by atoms with E-state index in [0.29, 0.717) is 6.41 Å². The smallest absolute Gasteiger partial charge is 0.206 e. The van der Waals surface area contributed by atoms with E-state index in [1.54, 1.807) is 7.05 Å². The number of amides is 1. The van der Waals surface area contributed by atoms with Crippen molar-refractivity contribution in [2.24, 2.45) is 0 Å². The van der Waals surface area contributed by atoms with Crippen molar-refractivity contribution in [3.8, 4) is 0 Å². The molecule has 0 atom stereocenters. The molecule has 0 aromatic heterocycles. The highest BCUT2D eigenvalue weighted by atomic mass is 16.1. The van der Waals surface area contributed by atoms with Crippen LogP contribution in [0.5, 0.6) is 0 Å². The SMILES string of the molecule is CCNCCCCNCCN1CCN(C)CC1.CNC=O. The molecular formula is C15H35N5O. The Labute approximate surface area is 130 Å². The van der Waals surface area contributed by atoms with Gasteiger partial charge in [0.05, 0.1) is 0 Å². The highest BCUT2D eigenvalue weighted by Crippen LogP contribution is 1.97. The Morgan fingerprint density at radius 2 is 1.57 bits per heavy atom. The zero-order valence-corrected chi connectivity index (χ0v) is 14.2. The lowest BCUT2D eigenvalue weighted by Crippen LogP contribution is -2.46. The van der Waals surface area contributed by atoms with Crippen LogP contribution in [0.3, 0.4) is 0 Å². The summed E-state index contributed by atoms with van der Waals surface area (Å²) in [6, 6.07) is 0. The van der Waals surface area contributed by atoms with Crippen molar-refractivity contribution in [2.75, 3.05) is 73.0 Å². The number of unbranched alkanes of at least 4 members (excludes halogenated alkanes) is 1. The Morgan fingerprint density at radius 3 is 2.10 bits per heavy atom. The largest absolute Gasteiger partial charge is 0.362 e. The molecule has 1 aliphatic heterocycles. The van der Waals surface area contributed by atoms with Crippen LogP contribution in [0.15, 0.2) is 0 Å².